The van der Waals surface area contributed by atoms with Crippen molar-refractivity contribution in [3.63, 3.8) is 0 Å². The average Bonchev–Trinajstić information content (AvgIpc) is 2.35. The molecule has 0 fully saturated rings. The van der Waals surface area contributed by atoms with Crippen molar-refractivity contribution in [3.05, 3.63) is 29.6 Å². The molecule has 0 spiro atoms. The fraction of sp³-hybridized carbons (Fsp3) is 0.538. The predicted octanol–water partition coefficient (Wildman–Crippen LogP) is 2.52. The Bertz CT molecular complexity index is 357. The molecule has 0 saturated carbocycles. The third-order valence-electron chi connectivity index (χ3n) is 2.75. The van der Waals surface area contributed by atoms with Crippen LogP contribution in [0.2, 0.25) is 0 Å². The maximum Gasteiger partial charge on any atom is 0.127 e. The summed E-state index contributed by atoms with van der Waals surface area (Å²) >= 11 is 0. The summed E-state index contributed by atoms with van der Waals surface area (Å²) in [5.41, 5.74) is 0.942. The Hall–Kier alpha value is -1.13. The lowest BCUT2D eigenvalue weighted by Crippen LogP contribution is -2.19. The molecule has 3 nitrogen and oxygen atoms in total. The molecular weight excluding hydrogens is 221 g/mol. The van der Waals surface area contributed by atoms with E-state index in [1.54, 1.807) is 13.2 Å². The molecule has 0 aliphatic heterocycles. The number of methoxy groups -OCH3 is 1. The fourth-order valence-electron chi connectivity index (χ4n) is 1.42. The average molecular weight is 241 g/mol. The van der Waals surface area contributed by atoms with Gasteiger partial charge in [0.1, 0.15) is 18.2 Å². The van der Waals surface area contributed by atoms with Crippen molar-refractivity contribution in [2.24, 2.45) is 0 Å². The first kappa shape index (κ1) is 13.9. The zero-order valence-corrected chi connectivity index (χ0v) is 10.8. The Morgan fingerprint density at radius 3 is 2.65 bits per heavy atom. The second-order valence-corrected chi connectivity index (χ2v) is 4.05. The standard InChI is InChI=1S/C13H20FNO2/c1-9(16-4)8-17-13-7-11(14)5-6-12(13)10(2)15-3/h5-7,9-10,15H,8H2,1-4H3. The van der Waals surface area contributed by atoms with E-state index in [1.165, 1.54) is 12.1 Å². The summed E-state index contributed by atoms with van der Waals surface area (Å²) in [6.07, 6.45) is -0.0176. The molecule has 1 aromatic rings. The Balaban J connectivity index is 2.83. The zero-order chi connectivity index (χ0) is 12.8. The maximum atomic E-state index is 13.2. The van der Waals surface area contributed by atoms with Crippen molar-refractivity contribution in [1.82, 2.24) is 5.32 Å². The van der Waals surface area contributed by atoms with Crippen molar-refractivity contribution in [2.75, 3.05) is 20.8 Å². The molecule has 17 heavy (non-hydrogen) atoms. The van der Waals surface area contributed by atoms with Gasteiger partial charge >= 0.3 is 0 Å². The van der Waals surface area contributed by atoms with Gasteiger partial charge < -0.3 is 14.8 Å². The maximum absolute atomic E-state index is 13.2. The minimum atomic E-state index is -0.294. The molecule has 0 bridgehead atoms. The van der Waals surface area contributed by atoms with E-state index < -0.39 is 0 Å². The molecule has 0 aromatic heterocycles. The van der Waals surface area contributed by atoms with Crippen LogP contribution in [-0.2, 0) is 4.74 Å². The third-order valence-corrected chi connectivity index (χ3v) is 2.75. The molecule has 0 aliphatic rings. The van der Waals surface area contributed by atoms with E-state index in [-0.39, 0.29) is 18.0 Å². The van der Waals surface area contributed by atoms with Crippen LogP contribution in [0.4, 0.5) is 4.39 Å². The summed E-state index contributed by atoms with van der Waals surface area (Å²) in [7, 11) is 3.48. The van der Waals surface area contributed by atoms with Crippen LogP contribution in [0.3, 0.4) is 0 Å². The van der Waals surface area contributed by atoms with Gasteiger partial charge in [-0.2, -0.15) is 0 Å². The number of rotatable bonds is 6. The van der Waals surface area contributed by atoms with Crippen LogP contribution in [0.15, 0.2) is 18.2 Å². The van der Waals surface area contributed by atoms with E-state index in [2.05, 4.69) is 5.32 Å². The summed E-state index contributed by atoms with van der Waals surface area (Å²) in [5.74, 6) is 0.271. The first-order valence-corrected chi connectivity index (χ1v) is 5.70. The van der Waals surface area contributed by atoms with Crippen molar-refractivity contribution < 1.29 is 13.9 Å². The lowest BCUT2D eigenvalue weighted by molar-refractivity contribution is 0.0710. The smallest absolute Gasteiger partial charge is 0.127 e. The SMILES string of the molecule is CNC(C)c1ccc(F)cc1OCC(C)OC. The summed E-state index contributed by atoms with van der Waals surface area (Å²) in [5, 5.41) is 3.11. The first-order chi connectivity index (χ1) is 8.08. The highest BCUT2D eigenvalue weighted by atomic mass is 19.1. The molecule has 0 heterocycles. The third kappa shape index (κ3) is 3.98. The first-order valence-electron chi connectivity index (χ1n) is 5.70. The Morgan fingerprint density at radius 2 is 2.06 bits per heavy atom. The van der Waals surface area contributed by atoms with E-state index in [1.807, 2.05) is 20.9 Å². The van der Waals surface area contributed by atoms with Crippen LogP contribution in [-0.4, -0.2) is 26.9 Å². The number of halogens is 1. The van der Waals surface area contributed by atoms with Crippen molar-refractivity contribution in [2.45, 2.75) is 26.0 Å². The molecule has 2 atom stereocenters. The van der Waals surface area contributed by atoms with Crippen LogP contribution >= 0.6 is 0 Å². The van der Waals surface area contributed by atoms with Crippen molar-refractivity contribution in [1.29, 1.82) is 0 Å². The second-order valence-electron chi connectivity index (χ2n) is 4.05. The van der Waals surface area contributed by atoms with Crippen LogP contribution in [0.5, 0.6) is 5.75 Å². The van der Waals surface area contributed by atoms with E-state index in [0.29, 0.717) is 12.4 Å². The molecule has 96 valence electrons. The largest absolute Gasteiger partial charge is 0.490 e. The molecule has 0 saturated heterocycles. The quantitative estimate of drug-likeness (QED) is 0.830. The molecule has 1 N–H and O–H groups in total. The minimum Gasteiger partial charge on any atom is -0.490 e. The fourth-order valence-corrected chi connectivity index (χ4v) is 1.42. The number of nitrogens with one attached hydrogen (secondary N) is 1. The van der Waals surface area contributed by atoms with Gasteiger partial charge in [0.15, 0.2) is 0 Å². The minimum absolute atomic E-state index is 0.0176. The molecule has 0 aliphatic carbocycles. The van der Waals surface area contributed by atoms with Crippen molar-refractivity contribution in [3.8, 4) is 5.75 Å². The lowest BCUT2D eigenvalue weighted by atomic mass is 10.1. The van der Waals surface area contributed by atoms with E-state index in [9.17, 15) is 4.39 Å². The summed E-state index contributed by atoms with van der Waals surface area (Å²) in [6, 6.07) is 4.70. The van der Waals surface area contributed by atoms with Gasteiger partial charge in [-0.15, -0.1) is 0 Å². The van der Waals surface area contributed by atoms with Gasteiger partial charge in [-0.05, 0) is 27.0 Å². The second kappa shape index (κ2) is 6.57. The highest BCUT2D eigenvalue weighted by Gasteiger charge is 2.12. The van der Waals surface area contributed by atoms with Gasteiger partial charge in [-0.1, -0.05) is 6.07 Å². The Kier molecular flexibility index (Phi) is 5.38. The number of hydrogen-bond donors (Lipinski definition) is 1. The van der Waals surface area contributed by atoms with E-state index >= 15 is 0 Å². The summed E-state index contributed by atoms with van der Waals surface area (Å²) in [4.78, 5) is 0. The van der Waals surface area contributed by atoms with Crippen LogP contribution < -0.4 is 10.1 Å². The van der Waals surface area contributed by atoms with E-state index in [0.717, 1.165) is 5.56 Å². The van der Waals surface area contributed by atoms with Crippen LogP contribution in [0.1, 0.15) is 25.5 Å². The number of hydrogen-bond acceptors (Lipinski definition) is 3. The van der Waals surface area contributed by atoms with Crippen molar-refractivity contribution >= 4 is 0 Å². The van der Waals surface area contributed by atoms with E-state index in [4.69, 9.17) is 9.47 Å². The van der Waals surface area contributed by atoms with Gasteiger partial charge in [0, 0.05) is 24.8 Å². The van der Waals surface area contributed by atoms with Crippen LogP contribution in [0, 0.1) is 5.82 Å². The zero-order valence-electron chi connectivity index (χ0n) is 10.8. The molecule has 0 amide bonds. The van der Waals surface area contributed by atoms with Gasteiger partial charge in [0.2, 0.25) is 0 Å². The normalized spacial score (nSPS) is 14.4. The molecular formula is C13H20FNO2. The van der Waals surface area contributed by atoms with Gasteiger partial charge in [0.05, 0.1) is 6.10 Å². The predicted molar refractivity (Wildman–Crippen MR) is 65.8 cm³/mol. The number of ether oxygens (including phenoxy) is 2. The summed E-state index contributed by atoms with van der Waals surface area (Å²) < 4.78 is 23.9. The molecule has 2 unspecified atom stereocenters. The Labute approximate surface area is 102 Å². The highest BCUT2D eigenvalue weighted by molar-refractivity contribution is 5.36. The molecule has 1 rings (SSSR count). The molecule has 4 heteroatoms. The molecule has 0 radical (unpaired) electrons. The molecule has 1 aromatic carbocycles. The topological polar surface area (TPSA) is 30.5 Å². The highest BCUT2D eigenvalue weighted by Crippen LogP contribution is 2.26. The van der Waals surface area contributed by atoms with Crippen LogP contribution in [0.25, 0.3) is 0 Å². The van der Waals surface area contributed by atoms with Gasteiger partial charge in [0.25, 0.3) is 0 Å². The Morgan fingerprint density at radius 1 is 1.35 bits per heavy atom. The monoisotopic (exact) mass is 241 g/mol. The van der Waals surface area contributed by atoms with Gasteiger partial charge in [-0.3, -0.25) is 0 Å². The summed E-state index contributed by atoms with van der Waals surface area (Å²) in [6.45, 7) is 4.31. The lowest BCUT2D eigenvalue weighted by Gasteiger charge is -2.18. The van der Waals surface area contributed by atoms with Gasteiger partial charge in [-0.25, -0.2) is 4.39 Å². The number of benzene rings is 1.